The van der Waals surface area contributed by atoms with Gasteiger partial charge >= 0.3 is 0 Å². The Kier molecular flexibility index (Phi) is 5.03. The molecule has 1 fully saturated rings. The molecular weight excluding hydrogens is 340 g/mol. The molecule has 3 N–H and O–H groups in total. The summed E-state index contributed by atoms with van der Waals surface area (Å²) in [7, 11) is 0. The topological polar surface area (TPSA) is 95.7 Å². The molecule has 0 saturated carbocycles. The third kappa shape index (κ3) is 3.76. The van der Waals surface area contributed by atoms with Crippen molar-refractivity contribution in [2.45, 2.75) is 23.7 Å². The lowest BCUT2D eigenvalue weighted by molar-refractivity contribution is -0.0786. The Labute approximate surface area is 142 Å². The van der Waals surface area contributed by atoms with Crippen molar-refractivity contribution in [3.05, 3.63) is 41.8 Å². The summed E-state index contributed by atoms with van der Waals surface area (Å²) in [5.74, 6) is 0.765. The van der Waals surface area contributed by atoms with Crippen molar-refractivity contribution in [1.82, 2.24) is 9.97 Å². The van der Waals surface area contributed by atoms with Crippen molar-refractivity contribution in [2.75, 3.05) is 5.75 Å². The number of hydrogen-bond acceptors (Lipinski definition) is 7. The number of aliphatic hydroxyl groups excluding tert-OH is 3. The highest BCUT2D eigenvalue weighted by molar-refractivity contribution is 7.99. The Hall–Kier alpha value is -1.38. The molecule has 6 nitrogen and oxygen atoms in total. The Balaban J connectivity index is 1.69. The lowest BCUT2D eigenvalue weighted by atomic mass is 10.1. The van der Waals surface area contributed by atoms with E-state index >= 15 is 0 Å². The predicted molar refractivity (Wildman–Crippen MR) is 87.4 cm³/mol. The van der Waals surface area contributed by atoms with Crippen LogP contribution in [0.5, 0.6) is 5.75 Å². The number of hydrogen-bond donors (Lipinski definition) is 3. The monoisotopic (exact) mass is 354 g/mol. The minimum atomic E-state index is -1.21. The normalized spacial score (nSPS) is 27.7. The van der Waals surface area contributed by atoms with Crippen molar-refractivity contribution < 1.29 is 20.1 Å². The summed E-state index contributed by atoms with van der Waals surface area (Å²) >= 11 is 7.00. The average molecular weight is 355 g/mol. The second-order valence-corrected chi connectivity index (χ2v) is 6.64. The molecule has 1 aliphatic heterocycles. The van der Waals surface area contributed by atoms with Gasteiger partial charge in [0, 0.05) is 17.5 Å². The number of aromatic nitrogens is 2. The zero-order valence-electron chi connectivity index (χ0n) is 11.9. The van der Waals surface area contributed by atoms with Crippen molar-refractivity contribution in [3.63, 3.8) is 0 Å². The molecule has 4 atom stereocenters. The van der Waals surface area contributed by atoms with E-state index in [4.69, 9.17) is 16.3 Å². The zero-order chi connectivity index (χ0) is 16.4. The van der Waals surface area contributed by atoms with Gasteiger partial charge in [-0.15, -0.1) is 11.8 Å². The van der Waals surface area contributed by atoms with Crippen LogP contribution in [0.2, 0.25) is 5.15 Å². The zero-order valence-corrected chi connectivity index (χ0v) is 13.5. The number of pyridine rings is 2. The molecule has 0 aliphatic carbocycles. The summed E-state index contributed by atoms with van der Waals surface area (Å²) in [6.45, 7) is 0. The Bertz CT molecular complexity index is 656. The highest BCUT2D eigenvalue weighted by Crippen LogP contribution is 2.29. The summed E-state index contributed by atoms with van der Waals surface area (Å²) in [5.41, 5.74) is 0.888. The molecule has 3 heterocycles. The number of aliphatic hydroxyl groups is 3. The Morgan fingerprint density at radius 3 is 2.52 bits per heavy atom. The number of ether oxygens (including phenoxy) is 1. The summed E-state index contributed by atoms with van der Waals surface area (Å²) in [4.78, 5) is 8.30. The van der Waals surface area contributed by atoms with E-state index in [-0.39, 0.29) is 0 Å². The lowest BCUT2D eigenvalue weighted by Gasteiger charge is -2.34. The van der Waals surface area contributed by atoms with Crippen LogP contribution in [-0.2, 0) is 0 Å². The second-order valence-electron chi connectivity index (χ2n) is 5.12. The van der Waals surface area contributed by atoms with E-state index in [1.807, 2.05) is 6.07 Å². The van der Waals surface area contributed by atoms with E-state index < -0.39 is 23.7 Å². The van der Waals surface area contributed by atoms with Crippen LogP contribution in [0.15, 0.2) is 36.7 Å². The molecule has 0 radical (unpaired) electrons. The standard InChI is InChI=1S/C15H15ClN2O4S/c16-12-4-1-8(5-18-12)10-3-2-9(6-17-10)22-15-14(21)13(20)11(19)7-23-15/h1-6,11,13-15,19-21H,7H2/t11-,13+,14-,15+/m1/s1. The molecule has 0 amide bonds. The fourth-order valence-electron chi connectivity index (χ4n) is 2.17. The Morgan fingerprint density at radius 1 is 1.04 bits per heavy atom. The lowest BCUT2D eigenvalue weighted by Crippen LogP contribution is -2.50. The maximum absolute atomic E-state index is 9.93. The average Bonchev–Trinajstić information content (AvgIpc) is 2.57. The number of halogens is 1. The van der Waals surface area contributed by atoms with Crippen molar-refractivity contribution in [3.8, 4) is 17.0 Å². The largest absolute Gasteiger partial charge is 0.475 e. The summed E-state index contributed by atoms with van der Waals surface area (Å²) in [6.07, 6.45) is -0.163. The number of nitrogens with zero attached hydrogens (tertiary/aromatic N) is 2. The van der Waals surface area contributed by atoms with E-state index in [2.05, 4.69) is 9.97 Å². The van der Waals surface area contributed by atoms with E-state index in [0.717, 1.165) is 5.56 Å². The van der Waals surface area contributed by atoms with Crippen LogP contribution in [0.25, 0.3) is 11.3 Å². The molecule has 0 aromatic carbocycles. The van der Waals surface area contributed by atoms with Gasteiger partial charge in [-0.25, -0.2) is 4.98 Å². The summed E-state index contributed by atoms with van der Waals surface area (Å²) < 4.78 is 5.64. The van der Waals surface area contributed by atoms with E-state index in [1.165, 1.54) is 18.0 Å². The predicted octanol–water partition coefficient (Wildman–Crippen LogP) is 1.33. The maximum atomic E-state index is 9.93. The molecule has 0 spiro atoms. The van der Waals surface area contributed by atoms with E-state index in [0.29, 0.717) is 22.3 Å². The number of rotatable bonds is 3. The minimum absolute atomic E-state index is 0.296. The highest BCUT2D eigenvalue weighted by atomic mass is 35.5. The summed E-state index contributed by atoms with van der Waals surface area (Å²) in [6, 6.07) is 6.99. The number of thioether (sulfide) groups is 1. The van der Waals surface area contributed by atoms with Crippen molar-refractivity contribution >= 4 is 23.4 Å². The van der Waals surface area contributed by atoms with E-state index in [9.17, 15) is 15.3 Å². The molecule has 23 heavy (non-hydrogen) atoms. The molecule has 0 bridgehead atoms. The second kappa shape index (κ2) is 7.02. The van der Waals surface area contributed by atoms with Crippen LogP contribution in [0.3, 0.4) is 0 Å². The van der Waals surface area contributed by atoms with Crippen LogP contribution in [0.4, 0.5) is 0 Å². The van der Waals surface area contributed by atoms with Crippen LogP contribution >= 0.6 is 23.4 Å². The third-order valence-corrected chi connectivity index (χ3v) is 4.93. The summed E-state index contributed by atoms with van der Waals surface area (Å²) in [5, 5.41) is 29.5. The van der Waals surface area contributed by atoms with Gasteiger partial charge < -0.3 is 20.1 Å². The first-order valence-electron chi connectivity index (χ1n) is 6.95. The van der Waals surface area contributed by atoms with Crippen LogP contribution in [0.1, 0.15) is 0 Å². The first-order valence-corrected chi connectivity index (χ1v) is 8.38. The van der Waals surface area contributed by atoms with Gasteiger partial charge in [-0.1, -0.05) is 11.6 Å². The van der Waals surface area contributed by atoms with Gasteiger partial charge in [-0.05, 0) is 24.3 Å². The van der Waals surface area contributed by atoms with Crippen LogP contribution in [0, 0.1) is 0 Å². The molecule has 1 aliphatic rings. The van der Waals surface area contributed by atoms with Crippen molar-refractivity contribution in [2.24, 2.45) is 0 Å². The Morgan fingerprint density at radius 2 is 1.87 bits per heavy atom. The smallest absolute Gasteiger partial charge is 0.173 e. The van der Waals surface area contributed by atoms with Gasteiger partial charge in [0.25, 0.3) is 0 Å². The van der Waals surface area contributed by atoms with Crippen LogP contribution in [-0.4, -0.2) is 54.8 Å². The van der Waals surface area contributed by atoms with Crippen molar-refractivity contribution in [1.29, 1.82) is 0 Å². The van der Waals surface area contributed by atoms with Gasteiger partial charge in [-0.2, -0.15) is 0 Å². The molecule has 2 aromatic heterocycles. The van der Waals surface area contributed by atoms with Gasteiger partial charge in [0.15, 0.2) is 5.44 Å². The molecule has 1 saturated heterocycles. The van der Waals surface area contributed by atoms with Gasteiger partial charge in [0.05, 0.1) is 18.0 Å². The van der Waals surface area contributed by atoms with Gasteiger partial charge in [-0.3, -0.25) is 4.98 Å². The first kappa shape index (κ1) is 16.5. The molecule has 3 rings (SSSR count). The van der Waals surface area contributed by atoms with Gasteiger partial charge in [0.2, 0.25) is 0 Å². The molecule has 122 valence electrons. The quantitative estimate of drug-likeness (QED) is 0.715. The molecule has 0 unspecified atom stereocenters. The SMILES string of the molecule is O[C@@H]1[C@@H](O)[C@@H](Oc2ccc(-c3ccc(Cl)nc3)nc2)SC[C@H]1O. The maximum Gasteiger partial charge on any atom is 0.173 e. The fraction of sp³-hybridized carbons (Fsp3) is 0.333. The molecular formula is C15H15ClN2O4S. The fourth-order valence-corrected chi connectivity index (χ4v) is 3.40. The van der Waals surface area contributed by atoms with E-state index in [1.54, 1.807) is 24.4 Å². The van der Waals surface area contributed by atoms with Crippen LogP contribution < -0.4 is 4.74 Å². The minimum Gasteiger partial charge on any atom is -0.475 e. The third-order valence-electron chi connectivity index (χ3n) is 3.47. The first-order chi connectivity index (χ1) is 11.0. The van der Waals surface area contributed by atoms with Gasteiger partial charge in [0.1, 0.15) is 23.1 Å². The molecule has 8 heteroatoms. The molecule has 2 aromatic rings. The highest BCUT2D eigenvalue weighted by Gasteiger charge is 2.38.